The fraction of sp³-hybridized carbons (Fsp3) is 0.538. The highest BCUT2D eigenvalue weighted by molar-refractivity contribution is 6.13. The predicted octanol–water partition coefficient (Wildman–Crippen LogP) is -0.0563. The van der Waals surface area contributed by atoms with Crippen LogP contribution in [0.15, 0.2) is 15.0 Å². The molecule has 0 aliphatic carbocycles. The van der Waals surface area contributed by atoms with Gasteiger partial charge in [-0.3, -0.25) is 19.6 Å². The number of ether oxygens (including phenoxy) is 1. The lowest BCUT2D eigenvalue weighted by Crippen LogP contribution is -2.23. The third-order valence-electron chi connectivity index (χ3n) is 2.29. The zero-order valence-corrected chi connectivity index (χ0v) is 11.5. The van der Waals surface area contributed by atoms with Crippen molar-refractivity contribution in [3.05, 3.63) is 0 Å². The first kappa shape index (κ1) is 18.5. The summed E-state index contributed by atoms with van der Waals surface area (Å²) in [4.78, 5) is 52.7. The van der Waals surface area contributed by atoms with E-state index in [1.54, 1.807) is 0 Å². The predicted molar refractivity (Wildman–Crippen MR) is 75.6 cm³/mol. The first-order valence-electron chi connectivity index (χ1n) is 6.37. The molecule has 0 heterocycles. The summed E-state index contributed by atoms with van der Waals surface area (Å²) in [5.41, 5.74) is 0. The molecule has 0 saturated carbocycles. The van der Waals surface area contributed by atoms with Gasteiger partial charge in [-0.25, -0.2) is 14.6 Å². The Hall–Kier alpha value is -2.47. The molecule has 0 amide bonds. The van der Waals surface area contributed by atoms with Crippen LogP contribution in [0.2, 0.25) is 0 Å². The number of hydrogen-bond donors (Lipinski definition) is 0. The molecule has 21 heavy (non-hydrogen) atoms. The maximum atomic E-state index is 11.7. The lowest BCUT2D eigenvalue weighted by atomic mass is 10.1. The SMILES string of the molecule is O=C=NCCCCC(N=CC=O)C(=O)OCCN=CC=O. The smallest absolute Gasteiger partial charge is 0.330 e. The number of isocyanates is 1. The number of unbranched alkanes of at least 4 members (excludes halogenated alkanes) is 1. The Kier molecular flexibility index (Phi) is 12.3. The highest BCUT2D eigenvalue weighted by Crippen LogP contribution is 2.07. The Morgan fingerprint density at radius 1 is 1.14 bits per heavy atom. The van der Waals surface area contributed by atoms with Crippen molar-refractivity contribution >= 4 is 37.1 Å². The van der Waals surface area contributed by atoms with Gasteiger partial charge in [-0.15, -0.1) is 0 Å². The summed E-state index contributed by atoms with van der Waals surface area (Å²) in [7, 11) is 0. The molecule has 0 bridgehead atoms. The van der Waals surface area contributed by atoms with Crippen molar-refractivity contribution in [2.24, 2.45) is 15.0 Å². The molecule has 0 rings (SSSR count). The van der Waals surface area contributed by atoms with Crippen molar-refractivity contribution in [1.82, 2.24) is 0 Å². The van der Waals surface area contributed by atoms with Crippen molar-refractivity contribution in [3.63, 3.8) is 0 Å². The number of hydrogen-bond acceptors (Lipinski definition) is 8. The van der Waals surface area contributed by atoms with E-state index < -0.39 is 12.0 Å². The van der Waals surface area contributed by atoms with Crippen molar-refractivity contribution < 1.29 is 23.9 Å². The van der Waals surface area contributed by atoms with Crippen LogP contribution in [0.5, 0.6) is 0 Å². The van der Waals surface area contributed by atoms with E-state index in [1.165, 1.54) is 6.08 Å². The number of nitrogens with zero attached hydrogens (tertiary/aromatic N) is 3. The van der Waals surface area contributed by atoms with E-state index >= 15 is 0 Å². The van der Waals surface area contributed by atoms with E-state index in [0.717, 1.165) is 12.4 Å². The van der Waals surface area contributed by atoms with Gasteiger partial charge < -0.3 is 4.74 Å². The molecule has 8 heteroatoms. The Balaban J connectivity index is 4.18. The number of esters is 1. The summed E-state index contributed by atoms with van der Waals surface area (Å²) in [6, 6.07) is -0.773. The van der Waals surface area contributed by atoms with E-state index in [-0.39, 0.29) is 13.2 Å². The number of carbonyl (C=O) groups excluding carboxylic acids is 4. The van der Waals surface area contributed by atoms with E-state index in [1.807, 2.05) is 0 Å². The number of carbonyl (C=O) groups is 3. The number of rotatable bonds is 12. The third kappa shape index (κ3) is 11.1. The van der Waals surface area contributed by atoms with Crippen LogP contribution in [-0.4, -0.2) is 62.8 Å². The Labute approximate surface area is 122 Å². The molecule has 8 nitrogen and oxygen atoms in total. The summed E-state index contributed by atoms with van der Waals surface area (Å²) < 4.78 is 4.94. The normalized spacial score (nSPS) is 12.0. The van der Waals surface area contributed by atoms with Gasteiger partial charge in [0.1, 0.15) is 12.6 Å². The number of aldehydes is 2. The molecule has 0 aromatic rings. The second-order valence-corrected chi connectivity index (χ2v) is 3.78. The van der Waals surface area contributed by atoms with Crippen molar-refractivity contribution in [2.45, 2.75) is 25.3 Å². The maximum absolute atomic E-state index is 11.7. The van der Waals surface area contributed by atoms with Crippen LogP contribution < -0.4 is 0 Å². The fourth-order valence-corrected chi connectivity index (χ4v) is 1.38. The fourth-order valence-electron chi connectivity index (χ4n) is 1.38. The summed E-state index contributed by atoms with van der Waals surface area (Å²) in [6.45, 7) is 0.553. The third-order valence-corrected chi connectivity index (χ3v) is 2.29. The molecule has 0 fully saturated rings. The van der Waals surface area contributed by atoms with Crippen molar-refractivity contribution in [3.8, 4) is 0 Å². The van der Waals surface area contributed by atoms with E-state index in [4.69, 9.17) is 4.74 Å². The van der Waals surface area contributed by atoms with Crippen LogP contribution in [0.1, 0.15) is 19.3 Å². The average Bonchev–Trinajstić information content (AvgIpc) is 2.49. The first-order chi connectivity index (χ1) is 10.3. The zero-order valence-electron chi connectivity index (χ0n) is 11.5. The number of aliphatic imine (C=N–C) groups is 3. The minimum absolute atomic E-state index is 0.0335. The highest BCUT2D eigenvalue weighted by Gasteiger charge is 2.17. The molecule has 0 aromatic carbocycles. The van der Waals surface area contributed by atoms with Gasteiger partial charge in [-0.1, -0.05) is 0 Å². The van der Waals surface area contributed by atoms with Crippen LogP contribution in [0.3, 0.4) is 0 Å². The van der Waals surface area contributed by atoms with Gasteiger partial charge in [0.2, 0.25) is 6.08 Å². The zero-order chi connectivity index (χ0) is 15.8. The second kappa shape index (κ2) is 14.0. The minimum Gasteiger partial charge on any atom is -0.462 e. The molecule has 0 N–H and O–H groups in total. The Bertz CT molecular complexity index is 428. The molecule has 114 valence electrons. The molecule has 0 aliphatic heterocycles. The summed E-state index contributed by atoms with van der Waals surface area (Å²) in [5, 5.41) is 0. The lowest BCUT2D eigenvalue weighted by molar-refractivity contribution is -0.144. The van der Waals surface area contributed by atoms with Gasteiger partial charge >= 0.3 is 5.97 Å². The second-order valence-electron chi connectivity index (χ2n) is 3.78. The van der Waals surface area contributed by atoms with Crippen LogP contribution >= 0.6 is 0 Å². The molecular formula is C13H17N3O5. The van der Waals surface area contributed by atoms with Gasteiger partial charge in [0.05, 0.1) is 25.5 Å². The van der Waals surface area contributed by atoms with Crippen LogP contribution in [0.25, 0.3) is 0 Å². The highest BCUT2D eigenvalue weighted by atomic mass is 16.5. The average molecular weight is 295 g/mol. The monoisotopic (exact) mass is 295 g/mol. The molecule has 0 spiro atoms. The maximum Gasteiger partial charge on any atom is 0.330 e. The van der Waals surface area contributed by atoms with Crippen molar-refractivity contribution in [1.29, 1.82) is 0 Å². The van der Waals surface area contributed by atoms with Gasteiger partial charge in [0, 0.05) is 0 Å². The van der Waals surface area contributed by atoms with Gasteiger partial charge in [-0.05, 0) is 19.3 Å². The minimum atomic E-state index is -0.773. The van der Waals surface area contributed by atoms with Crippen LogP contribution in [0.4, 0.5) is 0 Å². The molecular weight excluding hydrogens is 278 g/mol. The molecule has 0 saturated heterocycles. The lowest BCUT2D eigenvalue weighted by Gasteiger charge is -2.10. The van der Waals surface area contributed by atoms with Gasteiger partial charge in [0.25, 0.3) is 0 Å². The Morgan fingerprint density at radius 2 is 1.90 bits per heavy atom. The molecule has 1 unspecified atom stereocenters. The standard InChI is InChI=1S/C13H17N3O5/c17-8-5-14-7-10-21-13(20)12(16-6-9-18)3-1-2-4-15-11-19/h5-6,8-9,12H,1-4,7,10H2. The Morgan fingerprint density at radius 3 is 2.57 bits per heavy atom. The summed E-state index contributed by atoms with van der Waals surface area (Å²) in [6.07, 6.45) is 6.10. The van der Waals surface area contributed by atoms with Crippen LogP contribution in [0, 0.1) is 0 Å². The van der Waals surface area contributed by atoms with E-state index in [9.17, 15) is 19.2 Å². The molecule has 0 aromatic heterocycles. The van der Waals surface area contributed by atoms with Crippen molar-refractivity contribution in [2.75, 3.05) is 19.7 Å². The van der Waals surface area contributed by atoms with Gasteiger partial charge in [-0.2, -0.15) is 0 Å². The van der Waals surface area contributed by atoms with E-state index in [0.29, 0.717) is 38.4 Å². The molecule has 0 radical (unpaired) electrons. The molecule has 1 atom stereocenters. The topological polar surface area (TPSA) is 115 Å². The summed E-state index contributed by atoms with van der Waals surface area (Å²) >= 11 is 0. The van der Waals surface area contributed by atoms with E-state index in [2.05, 4.69) is 15.0 Å². The molecule has 0 aliphatic rings. The van der Waals surface area contributed by atoms with Gasteiger partial charge in [0.15, 0.2) is 12.6 Å². The summed E-state index contributed by atoms with van der Waals surface area (Å²) in [5.74, 6) is -0.562. The van der Waals surface area contributed by atoms with Crippen LogP contribution in [-0.2, 0) is 23.9 Å². The largest absolute Gasteiger partial charge is 0.462 e. The quantitative estimate of drug-likeness (QED) is 0.164. The first-order valence-corrected chi connectivity index (χ1v) is 6.37.